The normalized spacial score (nSPS) is 19.9. The Hall–Kier alpha value is -2.54. The Balaban J connectivity index is 1.55. The average Bonchev–Trinajstić information content (AvgIpc) is 3.23. The van der Waals surface area contributed by atoms with Gasteiger partial charge in [0.1, 0.15) is 5.69 Å². The number of rotatable bonds is 2. The molecule has 0 unspecified atom stereocenters. The van der Waals surface area contributed by atoms with Crippen molar-refractivity contribution in [3.63, 3.8) is 0 Å². The van der Waals surface area contributed by atoms with Crippen molar-refractivity contribution in [1.82, 2.24) is 34.6 Å². The van der Waals surface area contributed by atoms with Crippen LogP contribution in [0.25, 0.3) is 11.5 Å². The average molecular weight is 335 g/mol. The van der Waals surface area contributed by atoms with E-state index in [4.69, 9.17) is 5.10 Å². The van der Waals surface area contributed by atoms with E-state index in [-0.39, 0.29) is 6.04 Å². The zero-order chi connectivity index (χ0) is 16.6. The van der Waals surface area contributed by atoms with Crippen molar-refractivity contribution in [3.05, 3.63) is 47.9 Å². The minimum atomic E-state index is 0.189. The van der Waals surface area contributed by atoms with Crippen molar-refractivity contribution in [3.8, 4) is 11.5 Å². The first kappa shape index (κ1) is 14.8. The van der Waals surface area contributed by atoms with Crippen LogP contribution in [-0.2, 0) is 19.5 Å². The molecule has 128 valence electrons. The predicted molar refractivity (Wildman–Crippen MR) is 92.9 cm³/mol. The number of hydrogen-bond donors (Lipinski definition) is 1. The highest BCUT2D eigenvalue weighted by atomic mass is 15.3. The van der Waals surface area contributed by atoms with Gasteiger partial charge in [0.25, 0.3) is 0 Å². The van der Waals surface area contributed by atoms with E-state index >= 15 is 0 Å². The maximum absolute atomic E-state index is 4.82. The summed E-state index contributed by atoms with van der Waals surface area (Å²) in [6.45, 7) is 2.87. The summed E-state index contributed by atoms with van der Waals surface area (Å²) in [5.74, 6) is 0.920. The minimum absolute atomic E-state index is 0.189. The molecule has 0 bridgehead atoms. The molecule has 3 aromatic heterocycles. The fourth-order valence-corrected chi connectivity index (χ4v) is 3.95. The molecule has 4 heterocycles. The Kier molecular flexibility index (Phi) is 3.59. The van der Waals surface area contributed by atoms with E-state index in [9.17, 15) is 0 Å². The lowest BCUT2D eigenvalue weighted by Crippen LogP contribution is -2.20. The standard InChI is InChI=1S/C18H21N7/c1-3-14-17(21-7-6-20-14)16(4-1)24-10-8-22-18(24)15-11-13-12-19-5-2-9-25(13)23-15/h6-8,10-11,16,19H,1-5,9,12H2/t16-/m0/s1. The largest absolute Gasteiger partial charge is 0.320 e. The summed E-state index contributed by atoms with van der Waals surface area (Å²) in [6, 6.07) is 2.35. The third kappa shape index (κ3) is 2.55. The molecule has 0 fully saturated rings. The smallest absolute Gasteiger partial charge is 0.161 e. The predicted octanol–water partition coefficient (Wildman–Crippen LogP) is 1.96. The molecule has 1 atom stereocenters. The first-order valence-corrected chi connectivity index (χ1v) is 9.00. The number of aryl methyl sites for hydroxylation is 2. The van der Waals surface area contributed by atoms with Gasteiger partial charge in [0.05, 0.1) is 23.1 Å². The molecule has 1 aliphatic carbocycles. The van der Waals surface area contributed by atoms with Gasteiger partial charge >= 0.3 is 0 Å². The lowest BCUT2D eigenvalue weighted by atomic mass is 9.95. The second-order valence-electron chi connectivity index (χ2n) is 6.73. The number of nitrogens with zero attached hydrogens (tertiary/aromatic N) is 6. The molecule has 2 aliphatic rings. The maximum atomic E-state index is 4.82. The van der Waals surface area contributed by atoms with Crippen molar-refractivity contribution < 1.29 is 0 Å². The number of aromatic nitrogens is 6. The van der Waals surface area contributed by atoms with Crippen LogP contribution in [0.1, 0.15) is 42.4 Å². The van der Waals surface area contributed by atoms with Gasteiger partial charge < -0.3 is 9.88 Å². The topological polar surface area (TPSA) is 73.5 Å². The third-order valence-corrected chi connectivity index (χ3v) is 5.14. The van der Waals surface area contributed by atoms with Crippen molar-refractivity contribution >= 4 is 0 Å². The van der Waals surface area contributed by atoms with Crippen molar-refractivity contribution in [2.45, 2.75) is 44.8 Å². The zero-order valence-corrected chi connectivity index (χ0v) is 14.1. The lowest BCUT2D eigenvalue weighted by molar-refractivity contribution is 0.472. The van der Waals surface area contributed by atoms with Crippen molar-refractivity contribution in [2.75, 3.05) is 6.54 Å². The van der Waals surface area contributed by atoms with Crippen molar-refractivity contribution in [1.29, 1.82) is 0 Å². The van der Waals surface area contributed by atoms with E-state index in [2.05, 4.69) is 35.6 Å². The summed E-state index contributed by atoms with van der Waals surface area (Å²) in [4.78, 5) is 13.8. The maximum Gasteiger partial charge on any atom is 0.161 e. The molecule has 7 nitrogen and oxygen atoms in total. The Labute approximate surface area is 146 Å². The fourth-order valence-electron chi connectivity index (χ4n) is 3.95. The van der Waals surface area contributed by atoms with Crippen LogP contribution in [0, 0.1) is 0 Å². The van der Waals surface area contributed by atoms with Gasteiger partial charge in [0, 0.05) is 37.9 Å². The van der Waals surface area contributed by atoms with Gasteiger partial charge in [-0.05, 0) is 38.3 Å². The summed E-state index contributed by atoms with van der Waals surface area (Å²) in [7, 11) is 0. The number of hydrogen-bond acceptors (Lipinski definition) is 5. The highest BCUT2D eigenvalue weighted by Crippen LogP contribution is 2.33. The molecule has 1 aliphatic heterocycles. The van der Waals surface area contributed by atoms with Crippen LogP contribution in [-0.4, -0.2) is 35.8 Å². The minimum Gasteiger partial charge on any atom is -0.320 e. The molecule has 0 saturated heterocycles. The number of imidazole rings is 1. The van der Waals surface area contributed by atoms with Gasteiger partial charge in [-0.2, -0.15) is 5.10 Å². The molecule has 0 aromatic carbocycles. The van der Waals surface area contributed by atoms with Gasteiger partial charge in [0.15, 0.2) is 5.82 Å². The van der Waals surface area contributed by atoms with Crippen LogP contribution >= 0.6 is 0 Å². The fraction of sp³-hybridized carbons (Fsp3) is 0.444. The Morgan fingerprint density at radius 1 is 1.08 bits per heavy atom. The molecular formula is C18H21N7. The first-order chi connectivity index (χ1) is 12.4. The quantitative estimate of drug-likeness (QED) is 0.775. The zero-order valence-electron chi connectivity index (χ0n) is 14.1. The van der Waals surface area contributed by atoms with Crippen LogP contribution in [0.4, 0.5) is 0 Å². The van der Waals surface area contributed by atoms with Crippen LogP contribution in [0.15, 0.2) is 30.9 Å². The van der Waals surface area contributed by atoms with Crippen molar-refractivity contribution in [2.24, 2.45) is 0 Å². The van der Waals surface area contributed by atoms with Crippen LogP contribution < -0.4 is 5.32 Å². The highest BCUT2D eigenvalue weighted by molar-refractivity contribution is 5.51. The SMILES string of the molecule is c1cnc2c(n1)CCC[C@@H]2n1ccnc1-c1cc2n(n1)CCCNC2. The van der Waals surface area contributed by atoms with E-state index < -0.39 is 0 Å². The summed E-state index contributed by atoms with van der Waals surface area (Å²) >= 11 is 0. The molecule has 0 amide bonds. The van der Waals surface area contributed by atoms with E-state index in [0.29, 0.717) is 0 Å². The van der Waals surface area contributed by atoms with Gasteiger partial charge in [-0.25, -0.2) is 4.98 Å². The van der Waals surface area contributed by atoms with Gasteiger partial charge in [-0.3, -0.25) is 14.6 Å². The lowest BCUT2D eigenvalue weighted by Gasteiger charge is -2.25. The number of fused-ring (bicyclic) bond motifs is 2. The molecule has 3 aromatic rings. The van der Waals surface area contributed by atoms with E-state index in [1.807, 2.05) is 12.4 Å². The van der Waals surface area contributed by atoms with Crippen LogP contribution in [0.2, 0.25) is 0 Å². The summed E-state index contributed by atoms with van der Waals surface area (Å²) < 4.78 is 4.34. The van der Waals surface area contributed by atoms with Gasteiger partial charge in [-0.15, -0.1) is 0 Å². The molecule has 1 N–H and O–H groups in total. The Morgan fingerprint density at radius 2 is 2.04 bits per heavy atom. The third-order valence-electron chi connectivity index (χ3n) is 5.14. The molecule has 5 rings (SSSR count). The molecule has 0 radical (unpaired) electrons. The highest BCUT2D eigenvalue weighted by Gasteiger charge is 2.27. The first-order valence-electron chi connectivity index (χ1n) is 9.00. The second-order valence-corrected chi connectivity index (χ2v) is 6.73. The van der Waals surface area contributed by atoms with E-state index in [0.717, 1.165) is 68.2 Å². The van der Waals surface area contributed by atoms with Crippen LogP contribution in [0.5, 0.6) is 0 Å². The van der Waals surface area contributed by atoms with E-state index in [1.54, 1.807) is 12.4 Å². The summed E-state index contributed by atoms with van der Waals surface area (Å²) in [5.41, 5.74) is 4.37. The molecule has 0 spiro atoms. The molecule has 0 saturated carbocycles. The monoisotopic (exact) mass is 335 g/mol. The molecule has 25 heavy (non-hydrogen) atoms. The second kappa shape index (κ2) is 6.07. The summed E-state index contributed by atoms with van der Waals surface area (Å²) in [5, 5.41) is 8.27. The molecular weight excluding hydrogens is 314 g/mol. The van der Waals surface area contributed by atoms with Gasteiger partial charge in [0.2, 0.25) is 0 Å². The Morgan fingerprint density at radius 3 is 3.04 bits per heavy atom. The Bertz CT molecular complexity index is 871. The van der Waals surface area contributed by atoms with Crippen LogP contribution in [0.3, 0.4) is 0 Å². The molecule has 7 heteroatoms. The summed E-state index contributed by atoms with van der Waals surface area (Å²) in [6.07, 6.45) is 11.8. The van der Waals surface area contributed by atoms with E-state index in [1.165, 1.54) is 5.69 Å². The number of nitrogens with one attached hydrogen (secondary N) is 1. The van der Waals surface area contributed by atoms with Gasteiger partial charge in [-0.1, -0.05) is 0 Å².